The molecule has 1 amide bonds. The van der Waals surface area contributed by atoms with Crippen LogP contribution in [0.3, 0.4) is 0 Å². The van der Waals surface area contributed by atoms with Crippen molar-refractivity contribution in [3.05, 3.63) is 29.8 Å². The molecule has 98 valence electrons. The SMILES string of the molecule is CCCCCC(=O)Nc1ccc(CC(=O)O)cc1. The van der Waals surface area contributed by atoms with E-state index in [1.807, 2.05) is 0 Å². The van der Waals surface area contributed by atoms with Crippen LogP contribution in [0.5, 0.6) is 0 Å². The van der Waals surface area contributed by atoms with Gasteiger partial charge in [0.25, 0.3) is 0 Å². The third-order valence-electron chi connectivity index (χ3n) is 2.60. The molecular weight excluding hydrogens is 230 g/mol. The van der Waals surface area contributed by atoms with Crippen molar-refractivity contribution in [2.24, 2.45) is 0 Å². The van der Waals surface area contributed by atoms with E-state index in [0.717, 1.165) is 24.8 Å². The molecule has 4 nitrogen and oxygen atoms in total. The van der Waals surface area contributed by atoms with Gasteiger partial charge in [-0.2, -0.15) is 0 Å². The molecule has 0 bridgehead atoms. The molecule has 18 heavy (non-hydrogen) atoms. The van der Waals surface area contributed by atoms with Gasteiger partial charge in [0.15, 0.2) is 0 Å². The zero-order valence-corrected chi connectivity index (χ0v) is 10.6. The first-order valence-corrected chi connectivity index (χ1v) is 6.22. The minimum atomic E-state index is -0.855. The molecular formula is C14H19NO3. The van der Waals surface area contributed by atoms with E-state index in [1.165, 1.54) is 0 Å². The lowest BCUT2D eigenvalue weighted by molar-refractivity contribution is -0.136. The lowest BCUT2D eigenvalue weighted by Gasteiger charge is -2.05. The van der Waals surface area contributed by atoms with Crippen LogP contribution in [0.1, 0.15) is 38.2 Å². The second-order valence-corrected chi connectivity index (χ2v) is 4.27. The lowest BCUT2D eigenvalue weighted by Crippen LogP contribution is -2.11. The smallest absolute Gasteiger partial charge is 0.307 e. The fraction of sp³-hybridized carbons (Fsp3) is 0.429. The minimum Gasteiger partial charge on any atom is -0.481 e. The van der Waals surface area contributed by atoms with E-state index in [9.17, 15) is 9.59 Å². The summed E-state index contributed by atoms with van der Waals surface area (Å²) in [5.74, 6) is -0.846. The summed E-state index contributed by atoms with van der Waals surface area (Å²) in [6.07, 6.45) is 3.59. The Morgan fingerprint density at radius 2 is 1.83 bits per heavy atom. The summed E-state index contributed by atoms with van der Waals surface area (Å²) in [6, 6.07) is 6.90. The van der Waals surface area contributed by atoms with Crippen LogP contribution in [-0.2, 0) is 16.0 Å². The van der Waals surface area contributed by atoms with Gasteiger partial charge in [-0.05, 0) is 24.1 Å². The number of unbranched alkanes of at least 4 members (excludes halogenated alkanes) is 2. The molecule has 0 saturated carbocycles. The molecule has 0 heterocycles. The molecule has 0 radical (unpaired) electrons. The van der Waals surface area contributed by atoms with Crippen LogP contribution in [0, 0.1) is 0 Å². The number of carboxylic acid groups (broad SMARTS) is 1. The molecule has 0 fully saturated rings. The van der Waals surface area contributed by atoms with Gasteiger partial charge in [-0.15, -0.1) is 0 Å². The molecule has 4 heteroatoms. The van der Waals surface area contributed by atoms with Crippen LogP contribution in [0.2, 0.25) is 0 Å². The number of rotatable bonds is 7. The Bertz CT molecular complexity index is 398. The number of carbonyl (C=O) groups is 2. The van der Waals surface area contributed by atoms with Crippen molar-refractivity contribution < 1.29 is 14.7 Å². The van der Waals surface area contributed by atoms with Gasteiger partial charge in [0.2, 0.25) is 5.91 Å². The van der Waals surface area contributed by atoms with Crippen LogP contribution in [-0.4, -0.2) is 17.0 Å². The maximum atomic E-state index is 11.5. The highest BCUT2D eigenvalue weighted by molar-refractivity contribution is 5.90. The minimum absolute atomic E-state index is 0.00469. The van der Waals surface area contributed by atoms with Crippen molar-refractivity contribution >= 4 is 17.6 Å². The van der Waals surface area contributed by atoms with Gasteiger partial charge >= 0.3 is 5.97 Å². The van der Waals surface area contributed by atoms with Gasteiger partial charge in [-0.3, -0.25) is 9.59 Å². The summed E-state index contributed by atoms with van der Waals surface area (Å²) in [5.41, 5.74) is 1.44. The third-order valence-corrected chi connectivity index (χ3v) is 2.60. The summed E-state index contributed by atoms with van der Waals surface area (Å²) in [7, 11) is 0. The number of hydrogen-bond donors (Lipinski definition) is 2. The molecule has 2 N–H and O–H groups in total. The second-order valence-electron chi connectivity index (χ2n) is 4.27. The topological polar surface area (TPSA) is 66.4 Å². The van der Waals surface area contributed by atoms with Gasteiger partial charge in [-0.1, -0.05) is 31.9 Å². The Morgan fingerprint density at radius 3 is 2.39 bits per heavy atom. The van der Waals surface area contributed by atoms with Crippen molar-refractivity contribution in [2.75, 3.05) is 5.32 Å². The number of benzene rings is 1. The number of carbonyl (C=O) groups excluding carboxylic acids is 1. The predicted molar refractivity (Wildman–Crippen MR) is 70.6 cm³/mol. The van der Waals surface area contributed by atoms with Gasteiger partial charge in [0.1, 0.15) is 0 Å². The molecule has 0 unspecified atom stereocenters. The molecule has 0 aromatic heterocycles. The Balaban J connectivity index is 2.43. The van der Waals surface area contributed by atoms with E-state index in [1.54, 1.807) is 24.3 Å². The lowest BCUT2D eigenvalue weighted by atomic mass is 10.1. The number of nitrogens with one attached hydrogen (secondary N) is 1. The quantitative estimate of drug-likeness (QED) is 0.730. The first-order valence-electron chi connectivity index (χ1n) is 6.22. The fourth-order valence-electron chi connectivity index (χ4n) is 1.64. The van der Waals surface area contributed by atoms with Crippen molar-refractivity contribution in [3.8, 4) is 0 Å². The Morgan fingerprint density at radius 1 is 1.17 bits per heavy atom. The molecule has 0 aliphatic rings. The van der Waals surface area contributed by atoms with E-state index >= 15 is 0 Å². The number of hydrogen-bond acceptors (Lipinski definition) is 2. The van der Waals surface area contributed by atoms with Gasteiger partial charge in [0, 0.05) is 12.1 Å². The zero-order chi connectivity index (χ0) is 13.4. The van der Waals surface area contributed by atoms with Crippen LogP contribution < -0.4 is 5.32 Å². The largest absolute Gasteiger partial charge is 0.481 e. The summed E-state index contributed by atoms with van der Waals surface area (Å²) < 4.78 is 0. The van der Waals surface area contributed by atoms with Crippen molar-refractivity contribution in [1.82, 2.24) is 0 Å². The van der Waals surface area contributed by atoms with E-state index in [0.29, 0.717) is 12.1 Å². The normalized spacial score (nSPS) is 10.1. The highest BCUT2D eigenvalue weighted by Gasteiger charge is 2.03. The molecule has 0 spiro atoms. The molecule has 0 aliphatic carbocycles. The summed E-state index contributed by atoms with van der Waals surface area (Å²) in [5, 5.41) is 11.4. The van der Waals surface area contributed by atoms with Crippen molar-refractivity contribution in [3.63, 3.8) is 0 Å². The van der Waals surface area contributed by atoms with Gasteiger partial charge in [-0.25, -0.2) is 0 Å². The average molecular weight is 249 g/mol. The maximum Gasteiger partial charge on any atom is 0.307 e. The number of carboxylic acids is 1. The van der Waals surface area contributed by atoms with E-state index in [4.69, 9.17) is 5.11 Å². The van der Waals surface area contributed by atoms with Crippen LogP contribution in [0.4, 0.5) is 5.69 Å². The van der Waals surface area contributed by atoms with Crippen molar-refractivity contribution in [1.29, 1.82) is 0 Å². The highest BCUT2D eigenvalue weighted by Crippen LogP contribution is 2.11. The van der Waals surface area contributed by atoms with E-state index in [-0.39, 0.29) is 12.3 Å². The number of aliphatic carboxylic acids is 1. The molecule has 1 aromatic carbocycles. The molecule has 0 saturated heterocycles. The number of amides is 1. The average Bonchev–Trinajstić information content (AvgIpc) is 2.31. The number of anilines is 1. The molecule has 0 aliphatic heterocycles. The molecule has 1 aromatic rings. The molecule has 0 atom stereocenters. The van der Waals surface area contributed by atoms with Crippen molar-refractivity contribution in [2.45, 2.75) is 39.0 Å². The summed E-state index contributed by atoms with van der Waals surface area (Å²) in [6.45, 7) is 2.10. The summed E-state index contributed by atoms with van der Waals surface area (Å²) >= 11 is 0. The monoisotopic (exact) mass is 249 g/mol. The Kier molecular flexibility index (Phi) is 5.91. The zero-order valence-electron chi connectivity index (χ0n) is 10.6. The summed E-state index contributed by atoms with van der Waals surface area (Å²) in [4.78, 5) is 22.1. The Hall–Kier alpha value is -1.84. The first kappa shape index (κ1) is 14.2. The maximum absolute atomic E-state index is 11.5. The Labute approximate surface area is 107 Å². The van der Waals surface area contributed by atoms with Crippen LogP contribution in [0.15, 0.2) is 24.3 Å². The fourth-order valence-corrected chi connectivity index (χ4v) is 1.64. The predicted octanol–water partition coefficient (Wildman–Crippen LogP) is 2.83. The van der Waals surface area contributed by atoms with Crippen LogP contribution in [0.25, 0.3) is 0 Å². The first-order chi connectivity index (χ1) is 8.61. The van der Waals surface area contributed by atoms with E-state index in [2.05, 4.69) is 12.2 Å². The van der Waals surface area contributed by atoms with Crippen LogP contribution >= 0.6 is 0 Å². The standard InChI is InChI=1S/C14H19NO3/c1-2-3-4-5-13(16)15-12-8-6-11(7-9-12)10-14(17)18/h6-9H,2-5,10H2,1H3,(H,15,16)(H,17,18). The highest BCUT2D eigenvalue weighted by atomic mass is 16.4. The second kappa shape index (κ2) is 7.48. The van der Waals surface area contributed by atoms with Gasteiger partial charge < -0.3 is 10.4 Å². The van der Waals surface area contributed by atoms with E-state index < -0.39 is 5.97 Å². The molecule has 1 rings (SSSR count). The van der Waals surface area contributed by atoms with Gasteiger partial charge in [0.05, 0.1) is 6.42 Å². The third kappa shape index (κ3) is 5.48.